The highest BCUT2D eigenvalue weighted by atomic mass is 16.4. The van der Waals surface area contributed by atoms with E-state index < -0.39 is 5.97 Å². The lowest BCUT2D eigenvalue weighted by molar-refractivity contribution is 0.0696. The van der Waals surface area contributed by atoms with Gasteiger partial charge in [-0.05, 0) is 31.4 Å². The lowest BCUT2D eigenvalue weighted by Gasteiger charge is -2.13. The fourth-order valence-electron chi connectivity index (χ4n) is 2.50. The van der Waals surface area contributed by atoms with E-state index in [0.717, 1.165) is 31.3 Å². The van der Waals surface area contributed by atoms with Gasteiger partial charge in [-0.3, -0.25) is 4.90 Å². The van der Waals surface area contributed by atoms with Crippen LogP contribution in [0.25, 0.3) is 0 Å². The number of carboxylic acid groups (broad SMARTS) is 1. The Hall–Kier alpha value is -1.29. The molecule has 0 spiro atoms. The second-order valence-electron chi connectivity index (χ2n) is 4.79. The maximum Gasteiger partial charge on any atom is 0.338 e. The third kappa shape index (κ3) is 3.09. The standard InChI is InChI=1S/C13H19NO3/c1-2-3-10-4-5-14(7-10)8-12-6-11(9-17-12)13(15)16/h6,9-10H,2-5,7-8H2,1H3,(H,15,16). The lowest BCUT2D eigenvalue weighted by Crippen LogP contribution is -2.19. The summed E-state index contributed by atoms with van der Waals surface area (Å²) in [7, 11) is 0. The monoisotopic (exact) mass is 237 g/mol. The molecule has 1 fully saturated rings. The molecule has 94 valence electrons. The number of hydrogen-bond acceptors (Lipinski definition) is 3. The smallest absolute Gasteiger partial charge is 0.338 e. The van der Waals surface area contributed by atoms with Crippen molar-refractivity contribution >= 4 is 5.97 Å². The summed E-state index contributed by atoms with van der Waals surface area (Å²) in [6.45, 7) is 5.15. The zero-order valence-corrected chi connectivity index (χ0v) is 10.2. The van der Waals surface area contributed by atoms with E-state index >= 15 is 0 Å². The van der Waals surface area contributed by atoms with Crippen LogP contribution in [-0.2, 0) is 6.54 Å². The fraction of sp³-hybridized carbons (Fsp3) is 0.615. The summed E-state index contributed by atoms with van der Waals surface area (Å²) in [5, 5.41) is 8.80. The van der Waals surface area contributed by atoms with Gasteiger partial charge in [0.1, 0.15) is 12.0 Å². The lowest BCUT2D eigenvalue weighted by atomic mass is 10.0. The van der Waals surface area contributed by atoms with Crippen LogP contribution < -0.4 is 0 Å². The molecule has 1 aliphatic rings. The summed E-state index contributed by atoms with van der Waals surface area (Å²) in [6.07, 6.45) is 5.09. The third-order valence-electron chi connectivity index (χ3n) is 3.35. The van der Waals surface area contributed by atoms with E-state index in [1.54, 1.807) is 6.07 Å². The SMILES string of the molecule is CCCC1CCN(Cc2cc(C(=O)O)co2)C1. The molecule has 0 aromatic carbocycles. The van der Waals surface area contributed by atoms with Crippen molar-refractivity contribution in [2.45, 2.75) is 32.7 Å². The Kier molecular flexibility index (Phi) is 3.84. The molecule has 1 atom stereocenters. The molecule has 0 aliphatic carbocycles. The first-order chi connectivity index (χ1) is 8.19. The van der Waals surface area contributed by atoms with E-state index in [2.05, 4.69) is 11.8 Å². The van der Waals surface area contributed by atoms with E-state index in [0.29, 0.717) is 0 Å². The van der Waals surface area contributed by atoms with E-state index in [4.69, 9.17) is 9.52 Å². The Morgan fingerprint density at radius 3 is 3.12 bits per heavy atom. The number of furan rings is 1. The Morgan fingerprint density at radius 1 is 1.65 bits per heavy atom. The summed E-state index contributed by atoms with van der Waals surface area (Å²) in [4.78, 5) is 13.1. The zero-order valence-electron chi connectivity index (χ0n) is 10.2. The zero-order chi connectivity index (χ0) is 12.3. The van der Waals surface area contributed by atoms with Crippen LogP contribution in [0.1, 0.15) is 42.3 Å². The van der Waals surface area contributed by atoms with E-state index in [1.807, 2.05) is 0 Å². The van der Waals surface area contributed by atoms with Gasteiger partial charge < -0.3 is 9.52 Å². The van der Waals surface area contributed by atoms with Gasteiger partial charge in [-0.15, -0.1) is 0 Å². The van der Waals surface area contributed by atoms with Crippen LogP contribution in [-0.4, -0.2) is 29.1 Å². The predicted molar refractivity (Wildman–Crippen MR) is 64.0 cm³/mol. The van der Waals surface area contributed by atoms with Crippen molar-refractivity contribution in [2.24, 2.45) is 5.92 Å². The summed E-state index contributed by atoms with van der Waals surface area (Å²) in [5.41, 5.74) is 0.240. The fourth-order valence-corrected chi connectivity index (χ4v) is 2.50. The third-order valence-corrected chi connectivity index (χ3v) is 3.35. The van der Waals surface area contributed by atoms with E-state index in [9.17, 15) is 4.79 Å². The number of carbonyl (C=O) groups is 1. The number of rotatable bonds is 5. The van der Waals surface area contributed by atoms with E-state index in [-0.39, 0.29) is 5.56 Å². The molecule has 1 aliphatic heterocycles. The summed E-state index contributed by atoms with van der Waals surface area (Å²) >= 11 is 0. The van der Waals surface area contributed by atoms with E-state index in [1.165, 1.54) is 25.5 Å². The highest BCUT2D eigenvalue weighted by molar-refractivity contribution is 5.87. The van der Waals surface area contributed by atoms with Crippen molar-refractivity contribution in [2.75, 3.05) is 13.1 Å². The summed E-state index contributed by atoms with van der Waals surface area (Å²) < 4.78 is 5.26. The van der Waals surface area contributed by atoms with Gasteiger partial charge in [-0.25, -0.2) is 4.79 Å². The average Bonchev–Trinajstić information content (AvgIpc) is 2.89. The Bertz CT molecular complexity index is 386. The Morgan fingerprint density at radius 2 is 2.47 bits per heavy atom. The van der Waals surface area contributed by atoms with Crippen molar-refractivity contribution in [3.05, 3.63) is 23.7 Å². The second-order valence-corrected chi connectivity index (χ2v) is 4.79. The Balaban J connectivity index is 1.87. The molecular weight excluding hydrogens is 218 g/mol. The Labute approximate surface area is 101 Å². The minimum atomic E-state index is -0.926. The molecule has 17 heavy (non-hydrogen) atoms. The van der Waals surface area contributed by atoms with Crippen LogP contribution in [0.15, 0.2) is 16.7 Å². The molecule has 1 saturated heterocycles. The second kappa shape index (κ2) is 5.36. The topological polar surface area (TPSA) is 53.7 Å². The van der Waals surface area contributed by atoms with Gasteiger partial charge in [0.05, 0.1) is 12.1 Å². The molecule has 0 radical (unpaired) electrons. The molecule has 2 heterocycles. The van der Waals surface area contributed by atoms with Gasteiger partial charge in [-0.2, -0.15) is 0 Å². The molecular formula is C13H19NO3. The van der Waals surface area contributed by atoms with Gasteiger partial charge >= 0.3 is 5.97 Å². The van der Waals surface area contributed by atoms with Crippen molar-refractivity contribution in [3.8, 4) is 0 Å². The maximum atomic E-state index is 10.7. The van der Waals surface area contributed by atoms with Crippen LogP contribution in [0, 0.1) is 5.92 Å². The minimum absolute atomic E-state index is 0.240. The number of nitrogens with zero attached hydrogens (tertiary/aromatic N) is 1. The summed E-state index contributed by atoms with van der Waals surface area (Å²) in [5.74, 6) is 0.624. The van der Waals surface area contributed by atoms with Gasteiger partial charge in [0.25, 0.3) is 0 Å². The molecule has 4 nitrogen and oxygen atoms in total. The molecule has 2 rings (SSSR count). The first kappa shape index (κ1) is 12.2. The number of hydrogen-bond donors (Lipinski definition) is 1. The average molecular weight is 237 g/mol. The number of carboxylic acids is 1. The van der Waals surface area contributed by atoms with Crippen molar-refractivity contribution in [1.82, 2.24) is 4.90 Å². The van der Waals surface area contributed by atoms with Gasteiger partial charge in [0.15, 0.2) is 0 Å². The van der Waals surface area contributed by atoms with Crippen LogP contribution in [0.5, 0.6) is 0 Å². The van der Waals surface area contributed by atoms with Crippen molar-refractivity contribution in [3.63, 3.8) is 0 Å². The molecule has 1 N–H and O–H groups in total. The maximum absolute atomic E-state index is 10.7. The van der Waals surface area contributed by atoms with Gasteiger partial charge in [-0.1, -0.05) is 13.3 Å². The van der Waals surface area contributed by atoms with Crippen LogP contribution >= 0.6 is 0 Å². The molecule has 1 aromatic rings. The number of aromatic carboxylic acids is 1. The van der Waals surface area contributed by atoms with Crippen molar-refractivity contribution in [1.29, 1.82) is 0 Å². The largest absolute Gasteiger partial charge is 0.478 e. The molecule has 1 unspecified atom stereocenters. The number of likely N-dealkylation sites (tertiary alicyclic amines) is 1. The van der Waals surface area contributed by atoms with Gasteiger partial charge in [0, 0.05) is 6.54 Å². The first-order valence-corrected chi connectivity index (χ1v) is 6.22. The van der Waals surface area contributed by atoms with Crippen LogP contribution in [0.3, 0.4) is 0 Å². The van der Waals surface area contributed by atoms with Crippen LogP contribution in [0.2, 0.25) is 0 Å². The predicted octanol–water partition coefficient (Wildman–Crippen LogP) is 2.60. The molecule has 1 aromatic heterocycles. The molecule has 0 saturated carbocycles. The molecule has 0 bridgehead atoms. The molecule has 4 heteroatoms. The van der Waals surface area contributed by atoms with Gasteiger partial charge in [0.2, 0.25) is 0 Å². The van der Waals surface area contributed by atoms with Crippen molar-refractivity contribution < 1.29 is 14.3 Å². The first-order valence-electron chi connectivity index (χ1n) is 6.22. The summed E-state index contributed by atoms with van der Waals surface area (Å²) in [6, 6.07) is 1.62. The quantitative estimate of drug-likeness (QED) is 0.855. The minimum Gasteiger partial charge on any atom is -0.478 e. The highest BCUT2D eigenvalue weighted by Gasteiger charge is 2.22. The highest BCUT2D eigenvalue weighted by Crippen LogP contribution is 2.23. The van der Waals surface area contributed by atoms with Crippen LogP contribution in [0.4, 0.5) is 0 Å². The molecule has 0 amide bonds. The normalized spacial score (nSPS) is 20.9.